The van der Waals surface area contributed by atoms with Crippen LogP contribution in [0.1, 0.15) is 53.2 Å². The molecule has 4 aromatic rings. The van der Waals surface area contributed by atoms with Crippen molar-refractivity contribution in [2.45, 2.75) is 44.2 Å². The second kappa shape index (κ2) is 10.2. The molecule has 2 aromatic carbocycles. The zero-order chi connectivity index (χ0) is 24.2. The number of ether oxygens (including phenoxy) is 2. The van der Waals surface area contributed by atoms with Gasteiger partial charge in [-0.25, -0.2) is 9.48 Å². The van der Waals surface area contributed by atoms with E-state index in [1.54, 1.807) is 12.6 Å². The molecular weight excluding hydrogens is 466 g/mol. The molecular formula is C25H25N5O4S. The summed E-state index contributed by atoms with van der Waals surface area (Å²) in [5.41, 5.74) is 4.89. The number of carbonyl (C=O) groups is 1. The van der Waals surface area contributed by atoms with Gasteiger partial charge in [-0.3, -0.25) is 0 Å². The number of aromatic carboxylic acids is 1. The Bertz CT molecular complexity index is 1260. The summed E-state index contributed by atoms with van der Waals surface area (Å²) in [5.74, 6) is 0.254. The minimum Gasteiger partial charge on any atom is -0.497 e. The van der Waals surface area contributed by atoms with Gasteiger partial charge in [-0.1, -0.05) is 52.9 Å². The molecule has 2 heterocycles. The van der Waals surface area contributed by atoms with Crippen LogP contribution in [-0.2, 0) is 6.54 Å². The minimum atomic E-state index is -1.15. The number of methoxy groups -OCH3 is 1. The molecule has 1 saturated carbocycles. The van der Waals surface area contributed by atoms with Gasteiger partial charge in [0.2, 0.25) is 11.6 Å². The molecule has 5 rings (SSSR count). The fourth-order valence-corrected chi connectivity index (χ4v) is 4.99. The van der Waals surface area contributed by atoms with Gasteiger partial charge in [-0.05, 0) is 54.9 Å². The summed E-state index contributed by atoms with van der Waals surface area (Å²) < 4.78 is 12.9. The van der Waals surface area contributed by atoms with E-state index in [1.165, 1.54) is 21.6 Å². The van der Waals surface area contributed by atoms with Crippen LogP contribution in [0.2, 0.25) is 0 Å². The molecule has 0 amide bonds. The predicted octanol–water partition coefficient (Wildman–Crippen LogP) is 4.66. The van der Waals surface area contributed by atoms with Crippen molar-refractivity contribution in [1.29, 1.82) is 0 Å². The van der Waals surface area contributed by atoms with Gasteiger partial charge in [0.1, 0.15) is 22.4 Å². The maximum Gasteiger partial charge on any atom is 0.362 e. The Morgan fingerprint density at radius 1 is 1.06 bits per heavy atom. The highest BCUT2D eigenvalue weighted by molar-refractivity contribution is 7.12. The highest BCUT2D eigenvalue weighted by Gasteiger charge is 2.28. The summed E-state index contributed by atoms with van der Waals surface area (Å²) in [5, 5.41) is 26.5. The van der Waals surface area contributed by atoms with Gasteiger partial charge in [-0.2, -0.15) is 0 Å². The lowest BCUT2D eigenvalue weighted by molar-refractivity contribution is 0.0676. The van der Waals surface area contributed by atoms with Crippen molar-refractivity contribution in [2.24, 2.45) is 0 Å². The Kier molecular flexibility index (Phi) is 6.71. The fourth-order valence-electron chi connectivity index (χ4n) is 4.43. The van der Waals surface area contributed by atoms with Gasteiger partial charge >= 0.3 is 5.97 Å². The molecule has 0 radical (unpaired) electrons. The molecule has 1 aliphatic carbocycles. The molecule has 9 nitrogen and oxygen atoms in total. The quantitative estimate of drug-likeness (QED) is 0.379. The van der Waals surface area contributed by atoms with Crippen LogP contribution in [-0.4, -0.2) is 49.5 Å². The van der Waals surface area contributed by atoms with Crippen molar-refractivity contribution in [2.75, 3.05) is 7.11 Å². The Balaban J connectivity index is 1.24. The SMILES string of the molecule is COc1ccc(Cn2nnc(C(=O)O)c2OC2CCC(c3ccc(-c4nncs4)cc3)CC2)cc1. The first kappa shape index (κ1) is 23.0. The maximum atomic E-state index is 11.7. The molecule has 1 aliphatic rings. The van der Waals surface area contributed by atoms with Gasteiger partial charge in [0.05, 0.1) is 13.7 Å². The second-order valence-corrected chi connectivity index (χ2v) is 9.34. The average molecular weight is 492 g/mol. The van der Waals surface area contributed by atoms with Crippen LogP contribution in [0.5, 0.6) is 11.6 Å². The summed E-state index contributed by atoms with van der Waals surface area (Å²) in [4.78, 5) is 11.7. The maximum absolute atomic E-state index is 11.7. The normalized spacial score (nSPS) is 17.7. The van der Waals surface area contributed by atoms with E-state index in [9.17, 15) is 9.90 Å². The van der Waals surface area contributed by atoms with E-state index < -0.39 is 5.97 Å². The second-order valence-electron chi connectivity index (χ2n) is 8.51. The first-order valence-corrected chi connectivity index (χ1v) is 12.3. The molecule has 0 bridgehead atoms. The number of hydrogen-bond acceptors (Lipinski definition) is 8. The van der Waals surface area contributed by atoms with E-state index in [0.717, 1.165) is 47.6 Å². The van der Waals surface area contributed by atoms with Crippen molar-refractivity contribution in [3.63, 3.8) is 0 Å². The van der Waals surface area contributed by atoms with Gasteiger partial charge in [-0.15, -0.1) is 15.3 Å². The van der Waals surface area contributed by atoms with E-state index in [-0.39, 0.29) is 17.7 Å². The first-order valence-electron chi connectivity index (χ1n) is 11.4. The highest BCUT2D eigenvalue weighted by Crippen LogP contribution is 2.36. The summed E-state index contributed by atoms with van der Waals surface area (Å²) >= 11 is 1.53. The van der Waals surface area contributed by atoms with E-state index >= 15 is 0 Å². The van der Waals surface area contributed by atoms with E-state index in [1.807, 2.05) is 24.3 Å². The Labute approximate surface area is 206 Å². The van der Waals surface area contributed by atoms with Gasteiger partial charge in [0, 0.05) is 5.56 Å². The van der Waals surface area contributed by atoms with Gasteiger partial charge in [0.15, 0.2) is 0 Å². The van der Waals surface area contributed by atoms with Gasteiger partial charge < -0.3 is 14.6 Å². The van der Waals surface area contributed by atoms with Crippen LogP contribution in [0, 0.1) is 0 Å². The third-order valence-electron chi connectivity index (χ3n) is 6.33. The van der Waals surface area contributed by atoms with Crippen molar-refractivity contribution in [3.05, 3.63) is 70.9 Å². The summed E-state index contributed by atoms with van der Waals surface area (Å²) in [6.45, 7) is 0.357. The zero-order valence-electron chi connectivity index (χ0n) is 19.2. The predicted molar refractivity (Wildman–Crippen MR) is 130 cm³/mol. The lowest BCUT2D eigenvalue weighted by Crippen LogP contribution is -2.25. The van der Waals surface area contributed by atoms with E-state index in [2.05, 4.69) is 44.8 Å². The smallest absolute Gasteiger partial charge is 0.362 e. The van der Waals surface area contributed by atoms with Crippen LogP contribution in [0.15, 0.2) is 54.0 Å². The molecule has 0 aliphatic heterocycles. The molecule has 1 fully saturated rings. The molecule has 1 N–H and O–H groups in total. The number of benzene rings is 2. The summed E-state index contributed by atoms with van der Waals surface area (Å²) in [7, 11) is 1.61. The largest absolute Gasteiger partial charge is 0.497 e. The Morgan fingerprint density at radius 2 is 1.80 bits per heavy atom. The molecule has 2 aromatic heterocycles. The third-order valence-corrected chi connectivity index (χ3v) is 7.07. The lowest BCUT2D eigenvalue weighted by Gasteiger charge is -2.29. The van der Waals surface area contributed by atoms with Crippen molar-refractivity contribution >= 4 is 17.3 Å². The summed E-state index contributed by atoms with van der Waals surface area (Å²) in [6, 6.07) is 16.1. The number of hydrogen-bond donors (Lipinski definition) is 1. The molecule has 35 heavy (non-hydrogen) atoms. The van der Waals surface area contributed by atoms with Crippen LogP contribution in [0.4, 0.5) is 0 Å². The van der Waals surface area contributed by atoms with Crippen LogP contribution >= 0.6 is 11.3 Å². The lowest BCUT2D eigenvalue weighted by atomic mass is 9.82. The van der Waals surface area contributed by atoms with Crippen molar-refractivity contribution in [1.82, 2.24) is 25.2 Å². The molecule has 0 spiro atoms. The molecule has 0 atom stereocenters. The number of rotatable bonds is 8. The van der Waals surface area contributed by atoms with Crippen molar-refractivity contribution < 1.29 is 19.4 Å². The van der Waals surface area contributed by atoms with Crippen LogP contribution in [0.3, 0.4) is 0 Å². The highest BCUT2D eigenvalue weighted by atomic mass is 32.1. The van der Waals surface area contributed by atoms with Gasteiger partial charge in [0.25, 0.3) is 0 Å². The number of carboxylic acid groups (broad SMARTS) is 1. The monoisotopic (exact) mass is 491 g/mol. The Morgan fingerprint density at radius 3 is 2.43 bits per heavy atom. The Hall–Kier alpha value is -3.79. The number of aromatic nitrogens is 5. The minimum absolute atomic E-state index is 0.0851. The van der Waals surface area contributed by atoms with Crippen LogP contribution in [0.25, 0.3) is 10.6 Å². The third kappa shape index (κ3) is 5.17. The van der Waals surface area contributed by atoms with E-state index in [4.69, 9.17) is 9.47 Å². The number of nitrogens with zero attached hydrogens (tertiary/aromatic N) is 5. The topological polar surface area (TPSA) is 112 Å². The molecule has 0 unspecified atom stereocenters. The molecule has 10 heteroatoms. The molecule has 180 valence electrons. The van der Waals surface area contributed by atoms with Crippen LogP contribution < -0.4 is 9.47 Å². The fraction of sp³-hybridized carbons (Fsp3) is 0.320. The van der Waals surface area contributed by atoms with Crippen molar-refractivity contribution in [3.8, 4) is 22.2 Å². The molecule has 0 saturated heterocycles. The number of carboxylic acids is 1. The zero-order valence-corrected chi connectivity index (χ0v) is 20.0. The van der Waals surface area contributed by atoms with E-state index in [0.29, 0.717) is 12.5 Å². The summed E-state index contributed by atoms with van der Waals surface area (Å²) in [6.07, 6.45) is 3.50. The standard InChI is InChI=1S/C25H25N5O4S/c1-33-20-10-2-16(3-11-20)14-30-24(22(25(31)32)27-29-30)34-21-12-8-18(9-13-21)17-4-6-19(7-5-17)23-28-26-15-35-23/h2-7,10-11,15,18,21H,8-9,12-14H2,1H3,(H,31,32). The average Bonchev–Trinajstić information content (AvgIpc) is 3.56. The first-order chi connectivity index (χ1) is 17.1.